The fourth-order valence-electron chi connectivity index (χ4n) is 1.17. The molecule has 0 radical (unpaired) electrons. The van der Waals surface area contributed by atoms with Crippen molar-refractivity contribution in [2.24, 2.45) is 5.41 Å². The Morgan fingerprint density at radius 3 is 2.46 bits per heavy atom. The predicted molar refractivity (Wildman–Crippen MR) is 64.8 cm³/mol. The monoisotopic (exact) mass is 289 g/mol. The average molecular weight is 289 g/mol. The summed E-state index contributed by atoms with van der Waals surface area (Å²) in [6, 6.07) is 2.07. The summed E-state index contributed by atoms with van der Waals surface area (Å²) in [6.07, 6.45) is 3.83. The third-order valence-electron chi connectivity index (χ3n) is 2.56. The zero-order chi connectivity index (χ0) is 10.1. The molecule has 1 rings (SSSR count). The van der Waals surface area contributed by atoms with Gasteiger partial charge in [-0.15, -0.1) is 0 Å². The molecule has 0 aliphatic carbocycles. The number of rotatable bonds is 1. The van der Waals surface area contributed by atoms with Gasteiger partial charge in [-0.3, -0.25) is 4.98 Å². The van der Waals surface area contributed by atoms with Crippen LogP contribution in [0.2, 0.25) is 0 Å². The standard InChI is InChI=1S/C11H16IN/c1-8(11(2,3)4)9-7-13-6-5-10(9)12/h5-8H,1-4H3. The second-order valence-corrected chi connectivity index (χ2v) is 5.65. The molecule has 1 unspecified atom stereocenters. The average Bonchev–Trinajstić information content (AvgIpc) is 2.02. The van der Waals surface area contributed by atoms with Gasteiger partial charge in [0.2, 0.25) is 0 Å². The lowest BCUT2D eigenvalue weighted by Crippen LogP contribution is -2.16. The number of hydrogen-bond acceptors (Lipinski definition) is 1. The van der Waals surface area contributed by atoms with Gasteiger partial charge in [0, 0.05) is 16.0 Å². The van der Waals surface area contributed by atoms with Crippen LogP contribution in [0.1, 0.15) is 39.2 Å². The number of halogens is 1. The zero-order valence-corrected chi connectivity index (χ0v) is 10.8. The molecule has 0 spiro atoms. The number of pyridine rings is 1. The van der Waals surface area contributed by atoms with Crippen molar-refractivity contribution in [3.05, 3.63) is 27.6 Å². The SMILES string of the molecule is CC(c1cnccc1I)C(C)(C)C. The third kappa shape index (κ3) is 2.66. The van der Waals surface area contributed by atoms with Crippen LogP contribution in [0.5, 0.6) is 0 Å². The molecule has 0 aromatic carbocycles. The summed E-state index contributed by atoms with van der Waals surface area (Å²) in [7, 11) is 0. The van der Waals surface area contributed by atoms with E-state index in [1.165, 1.54) is 9.13 Å². The van der Waals surface area contributed by atoms with Crippen LogP contribution < -0.4 is 0 Å². The van der Waals surface area contributed by atoms with Gasteiger partial charge < -0.3 is 0 Å². The Labute approximate surface area is 94.1 Å². The predicted octanol–water partition coefficient (Wildman–Crippen LogP) is 3.84. The minimum Gasteiger partial charge on any atom is -0.264 e. The Kier molecular flexibility index (Phi) is 3.33. The molecule has 0 N–H and O–H groups in total. The summed E-state index contributed by atoms with van der Waals surface area (Å²) < 4.78 is 1.31. The maximum absolute atomic E-state index is 4.18. The van der Waals surface area contributed by atoms with Crippen molar-refractivity contribution in [1.29, 1.82) is 0 Å². The summed E-state index contributed by atoms with van der Waals surface area (Å²) in [5.41, 5.74) is 1.67. The molecule has 0 bridgehead atoms. The fraction of sp³-hybridized carbons (Fsp3) is 0.545. The second kappa shape index (κ2) is 3.95. The Bertz CT molecular complexity index is 288. The van der Waals surface area contributed by atoms with Gasteiger partial charge in [0.15, 0.2) is 0 Å². The van der Waals surface area contributed by atoms with Gasteiger partial charge in [-0.2, -0.15) is 0 Å². The highest BCUT2D eigenvalue weighted by Gasteiger charge is 2.23. The Hall–Kier alpha value is -0.120. The zero-order valence-electron chi connectivity index (χ0n) is 8.63. The summed E-state index contributed by atoms with van der Waals surface area (Å²) in [5.74, 6) is 0.549. The molecule has 0 saturated heterocycles. The lowest BCUT2D eigenvalue weighted by Gasteiger charge is -2.28. The number of hydrogen-bond donors (Lipinski definition) is 0. The van der Waals surface area contributed by atoms with Crippen LogP contribution in [-0.4, -0.2) is 4.98 Å². The van der Waals surface area contributed by atoms with Gasteiger partial charge in [-0.1, -0.05) is 27.7 Å². The highest BCUT2D eigenvalue weighted by Crippen LogP contribution is 2.35. The van der Waals surface area contributed by atoms with Crippen molar-refractivity contribution < 1.29 is 0 Å². The first-order valence-corrected chi connectivity index (χ1v) is 5.60. The number of nitrogens with zero attached hydrogens (tertiary/aromatic N) is 1. The first-order valence-electron chi connectivity index (χ1n) is 4.52. The number of aromatic nitrogens is 1. The van der Waals surface area contributed by atoms with E-state index in [-0.39, 0.29) is 0 Å². The molecular formula is C11H16IN. The van der Waals surface area contributed by atoms with Gasteiger partial charge in [0.05, 0.1) is 0 Å². The Morgan fingerprint density at radius 2 is 2.00 bits per heavy atom. The molecule has 0 fully saturated rings. The van der Waals surface area contributed by atoms with Crippen molar-refractivity contribution >= 4 is 22.6 Å². The highest BCUT2D eigenvalue weighted by molar-refractivity contribution is 14.1. The van der Waals surface area contributed by atoms with E-state index in [0.29, 0.717) is 11.3 Å². The van der Waals surface area contributed by atoms with Crippen LogP contribution in [0.4, 0.5) is 0 Å². The lowest BCUT2D eigenvalue weighted by atomic mass is 9.78. The lowest BCUT2D eigenvalue weighted by molar-refractivity contribution is 0.338. The maximum Gasteiger partial charge on any atom is 0.0313 e. The molecule has 0 amide bonds. The van der Waals surface area contributed by atoms with E-state index in [1.807, 2.05) is 12.4 Å². The maximum atomic E-state index is 4.18. The Balaban J connectivity index is 3.02. The van der Waals surface area contributed by atoms with Gasteiger partial charge in [-0.25, -0.2) is 0 Å². The second-order valence-electron chi connectivity index (χ2n) is 4.48. The quantitative estimate of drug-likeness (QED) is 0.716. The van der Waals surface area contributed by atoms with Gasteiger partial charge in [0.25, 0.3) is 0 Å². The minimum absolute atomic E-state index is 0.308. The topological polar surface area (TPSA) is 12.9 Å². The van der Waals surface area contributed by atoms with Crippen molar-refractivity contribution in [2.45, 2.75) is 33.6 Å². The smallest absolute Gasteiger partial charge is 0.0313 e. The molecular weight excluding hydrogens is 273 g/mol. The highest BCUT2D eigenvalue weighted by atomic mass is 127. The molecule has 0 aliphatic heterocycles. The summed E-state index contributed by atoms with van der Waals surface area (Å²) in [5, 5.41) is 0. The fourth-order valence-corrected chi connectivity index (χ4v) is 1.94. The molecule has 0 aliphatic rings. The van der Waals surface area contributed by atoms with Crippen LogP contribution >= 0.6 is 22.6 Å². The van der Waals surface area contributed by atoms with Crippen LogP contribution in [0.3, 0.4) is 0 Å². The van der Waals surface area contributed by atoms with Gasteiger partial charge in [0.1, 0.15) is 0 Å². The summed E-state index contributed by atoms with van der Waals surface area (Å²) in [6.45, 7) is 9.06. The molecule has 1 heterocycles. The van der Waals surface area contributed by atoms with E-state index in [4.69, 9.17) is 0 Å². The molecule has 72 valence electrons. The van der Waals surface area contributed by atoms with Gasteiger partial charge >= 0.3 is 0 Å². The Morgan fingerprint density at radius 1 is 1.38 bits per heavy atom. The van der Waals surface area contributed by atoms with Crippen molar-refractivity contribution in [2.75, 3.05) is 0 Å². The van der Waals surface area contributed by atoms with Crippen molar-refractivity contribution in [3.8, 4) is 0 Å². The van der Waals surface area contributed by atoms with Crippen LogP contribution in [-0.2, 0) is 0 Å². The first-order chi connectivity index (χ1) is 5.93. The largest absolute Gasteiger partial charge is 0.264 e. The van der Waals surface area contributed by atoms with E-state index in [0.717, 1.165) is 0 Å². The summed E-state index contributed by atoms with van der Waals surface area (Å²) >= 11 is 2.38. The molecule has 1 aromatic heterocycles. The molecule has 1 atom stereocenters. The van der Waals surface area contributed by atoms with E-state index in [2.05, 4.69) is 61.3 Å². The van der Waals surface area contributed by atoms with E-state index >= 15 is 0 Å². The third-order valence-corrected chi connectivity index (χ3v) is 3.54. The molecule has 1 nitrogen and oxygen atoms in total. The molecule has 13 heavy (non-hydrogen) atoms. The molecule has 1 aromatic rings. The van der Waals surface area contributed by atoms with Crippen LogP contribution in [0.25, 0.3) is 0 Å². The normalized spacial score (nSPS) is 14.2. The van der Waals surface area contributed by atoms with E-state index in [9.17, 15) is 0 Å². The van der Waals surface area contributed by atoms with E-state index < -0.39 is 0 Å². The van der Waals surface area contributed by atoms with Crippen molar-refractivity contribution in [3.63, 3.8) is 0 Å². The van der Waals surface area contributed by atoms with E-state index in [1.54, 1.807) is 0 Å². The summed E-state index contributed by atoms with van der Waals surface area (Å²) in [4.78, 5) is 4.18. The minimum atomic E-state index is 0.308. The molecule has 0 saturated carbocycles. The van der Waals surface area contributed by atoms with Crippen LogP contribution in [0.15, 0.2) is 18.5 Å². The van der Waals surface area contributed by atoms with Gasteiger partial charge in [-0.05, 0) is 45.6 Å². The first kappa shape index (κ1) is 11.0. The molecule has 2 heteroatoms. The van der Waals surface area contributed by atoms with Crippen molar-refractivity contribution in [1.82, 2.24) is 4.98 Å². The van der Waals surface area contributed by atoms with Crippen LogP contribution in [0, 0.1) is 8.99 Å².